The van der Waals surface area contributed by atoms with Crippen molar-refractivity contribution in [3.8, 4) is 0 Å². The summed E-state index contributed by atoms with van der Waals surface area (Å²) in [4.78, 5) is 11.7. The van der Waals surface area contributed by atoms with Crippen molar-refractivity contribution in [3.63, 3.8) is 0 Å². The molecule has 1 aliphatic carbocycles. The van der Waals surface area contributed by atoms with Gasteiger partial charge in [-0.15, -0.1) is 12.4 Å². The minimum Gasteiger partial charge on any atom is -0.381 e. The number of carbonyl (C=O) groups excluding carboxylic acids is 1. The number of amides is 1. The number of ether oxygens (including phenoxy) is 1. The van der Waals surface area contributed by atoms with Crippen molar-refractivity contribution < 1.29 is 9.53 Å². The number of rotatable bonds is 3. The van der Waals surface area contributed by atoms with Crippen LogP contribution in [-0.2, 0) is 9.53 Å². The molecule has 0 aromatic heterocycles. The number of nitrogens with one attached hydrogen (secondary N) is 2. The van der Waals surface area contributed by atoms with Crippen LogP contribution in [0.25, 0.3) is 0 Å². The number of hydrogen-bond donors (Lipinski definition) is 2. The zero-order valence-electron chi connectivity index (χ0n) is 10.1. The number of halogens is 1. The van der Waals surface area contributed by atoms with E-state index in [0.29, 0.717) is 0 Å². The average molecular weight is 249 g/mol. The van der Waals surface area contributed by atoms with E-state index in [1.807, 2.05) is 0 Å². The highest BCUT2D eigenvalue weighted by Gasteiger charge is 2.49. The van der Waals surface area contributed by atoms with Gasteiger partial charge in [0.2, 0.25) is 5.91 Å². The summed E-state index contributed by atoms with van der Waals surface area (Å²) in [6, 6.07) is 0.305. The van der Waals surface area contributed by atoms with Crippen LogP contribution in [0.4, 0.5) is 0 Å². The number of methoxy groups -OCH3 is 1. The van der Waals surface area contributed by atoms with Crippen LogP contribution in [0.15, 0.2) is 0 Å². The third-order valence-electron chi connectivity index (χ3n) is 3.92. The van der Waals surface area contributed by atoms with Crippen LogP contribution in [0.2, 0.25) is 0 Å². The molecule has 2 aliphatic rings. The van der Waals surface area contributed by atoms with Gasteiger partial charge in [0.15, 0.2) is 0 Å². The van der Waals surface area contributed by atoms with E-state index in [0.717, 1.165) is 19.4 Å². The second-order valence-corrected chi connectivity index (χ2v) is 5.14. The van der Waals surface area contributed by atoms with Gasteiger partial charge in [-0.25, -0.2) is 0 Å². The van der Waals surface area contributed by atoms with Crippen molar-refractivity contribution in [2.45, 2.75) is 44.9 Å². The van der Waals surface area contributed by atoms with Gasteiger partial charge in [0, 0.05) is 18.6 Å². The largest absolute Gasteiger partial charge is 0.381 e. The third kappa shape index (κ3) is 2.19. The van der Waals surface area contributed by atoms with Crippen LogP contribution in [0.1, 0.15) is 26.7 Å². The SMILES string of the molecule is COC1CC(NC(=O)[C@H]2CCN2)C1(C)C.Cl. The molecule has 0 bridgehead atoms. The van der Waals surface area contributed by atoms with Gasteiger partial charge in [-0.1, -0.05) is 13.8 Å². The predicted octanol–water partition coefficient (Wildman–Crippen LogP) is 0.700. The molecule has 4 nitrogen and oxygen atoms in total. The third-order valence-corrected chi connectivity index (χ3v) is 3.92. The van der Waals surface area contributed by atoms with Crippen LogP contribution in [-0.4, -0.2) is 37.7 Å². The quantitative estimate of drug-likeness (QED) is 0.773. The summed E-state index contributed by atoms with van der Waals surface area (Å²) in [7, 11) is 1.73. The van der Waals surface area contributed by atoms with E-state index in [1.54, 1.807) is 7.11 Å². The lowest BCUT2D eigenvalue weighted by molar-refractivity contribution is -0.135. The highest BCUT2D eigenvalue weighted by Crippen LogP contribution is 2.42. The summed E-state index contributed by atoms with van der Waals surface area (Å²) in [6.45, 7) is 5.25. The van der Waals surface area contributed by atoms with Gasteiger partial charge in [-0.2, -0.15) is 0 Å². The minimum absolute atomic E-state index is 0. The Hall–Kier alpha value is -0.320. The fourth-order valence-corrected chi connectivity index (χ4v) is 2.32. The molecule has 1 saturated carbocycles. The first-order valence-electron chi connectivity index (χ1n) is 5.62. The Morgan fingerprint density at radius 1 is 1.50 bits per heavy atom. The molecule has 0 aromatic carbocycles. The number of hydrogen-bond acceptors (Lipinski definition) is 3. The molecule has 94 valence electrons. The van der Waals surface area contributed by atoms with Gasteiger partial charge in [0.25, 0.3) is 0 Å². The molecule has 5 heteroatoms. The first-order chi connectivity index (χ1) is 7.05. The molecule has 2 N–H and O–H groups in total. The molecule has 1 amide bonds. The summed E-state index contributed by atoms with van der Waals surface area (Å²) < 4.78 is 5.35. The number of carbonyl (C=O) groups is 1. The fraction of sp³-hybridized carbons (Fsp3) is 0.909. The minimum atomic E-state index is 0. The van der Waals surface area contributed by atoms with Crippen molar-refractivity contribution in [2.24, 2.45) is 5.41 Å². The molecule has 0 aromatic rings. The first kappa shape index (κ1) is 13.7. The van der Waals surface area contributed by atoms with Crippen LogP contribution in [0.5, 0.6) is 0 Å². The van der Waals surface area contributed by atoms with Gasteiger partial charge in [-0.05, 0) is 19.4 Å². The van der Waals surface area contributed by atoms with E-state index >= 15 is 0 Å². The van der Waals surface area contributed by atoms with Crippen molar-refractivity contribution in [1.82, 2.24) is 10.6 Å². The van der Waals surface area contributed by atoms with E-state index in [1.165, 1.54) is 0 Å². The molecule has 1 aliphatic heterocycles. The second-order valence-electron chi connectivity index (χ2n) is 5.14. The van der Waals surface area contributed by atoms with Crippen LogP contribution >= 0.6 is 12.4 Å². The molecule has 2 fully saturated rings. The lowest BCUT2D eigenvalue weighted by Gasteiger charge is -2.51. The van der Waals surface area contributed by atoms with Crippen molar-refractivity contribution in [3.05, 3.63) is 0 Å². The van der Waals surface area contributed by atoms with Gasteiger partial charge < -0.3 is 15.4 Å². The highest BCUT2D eigenvalue weighted by atomic mass is 35.5. The maximum absolute atomic E-state index is 11.7. The van der Waals surface area contributed by atoms with Gasteiger partial charge in [-0.3, -0.25) is 4.79 Å². The molecule has 2 unspecified atom stereocenters. The van der Waals surface area contributed by atoms with E-state index in [-0.39, 0.29) is 41.9 Å². The summed E-state index contributed by atoms with van der Waals surface area (Å²) in [5.74, 6) is 0.147. The topological polar surface area (TPSA) is 50.4 Å². The standard InChI is InChI=1S/C11H20N2O2.ClH/c1-11(2)8(6-9(11)15-3)13-10(14)7-4-5-12-7;/h7-9,12H,4-6H2,1-3H3,(H,13,14);1H/t7-,8?,9?;/m1./s1. The fourth-order valence-electron chi connectivity index (χ4n) is 2.32. The lowest BCUT2D eigenvalue weighted by atomic mass is 9.64. The Labute approximate surface area is 103 Å². The summed E-state index contributed by atoms with van der Waals surface area (Å²) in [5.41, 5.74) is 0.0636. The van der Waals surface area contributed by atoms with Gasteiger partial charge >= 0.3 is 0 Å². The first-order valence-corrected chi connectivity index (χ1v) is 5.62. The molecule has 1 heterocycles. The summed E-state index contributed by atoms with van der Waals surface area (Å²) in [6.07, 6.45) is 2.17. The monoisotopic (exact) mass is 248 g/mol. The normalized spacial score (nSPS) is 35.3. The predicted molar refractivity (Wildman–Crippen MR) is 64.8 cm³/mol. The molecular formula is C11H21ClN2O2. The van der Waals surface area contributed by atoms with Crippen LogP contribution < -0.4 is 10.6 Å². The van der Waals surface area contributed by atoms with Crippen LogP contribution in [0, 0.1) is 5.41 Å². The molecule has 0 radical (unpaired) electrons. The van der Waals surface area contributed by atoms with Gasteiger partial charge in [0.05, 0.1) is 12.1 Å². The molecule has 2 rings (SSSR count). The van der Waals surface area contributed by atoms with Crippen molar-refractivity contribution in [2.75, 3.05) is 13.7 Å². The average Bonchev–Trinajstić information content (AvgIpc) is 2.08. The van der Waals surface area contributed by atoms with Crippen LogP contribution in [0.3, 0.4) is 0 Å². The lowest BCUT2D eigenvalue weighted by Crippen LogP contribution is -2.65. The zero-order valence-corrected chi connectivity index (χ0v) is 10.9. The van der Waals surface area contributed by atoms with Crippen molar-refractivity contribution >= 4 is 18.3 Å². The molecule has 16 heavy (non-hydrogen) atoms. The Morgan fingerprint density at radius 2 is 2.12 bits per heavy atom. The maximum atomic E-state index is 11.7. The Bertz CT molecular complexity index is 267. The highest BCUT2D eigenvalue weighted by molar-refractivity contribution is 5.85. The molecule has 1 saturated heterocycles. The van der Waals surface area contributed by atoms with E-state index < -0.39 is 0 Å². The Balaban J connectivity index is 0.00000128. The van der Waals surface area contributed by atoms with Crippen molar-refractivity contribution in [1.29, 1.82) is 0 Å². The van der Waals surface area contributed by atoms with E-state index in [2.05, 4.69) is 24.5 Å². The molecular weight excluding hydrogens is 228 g/mol. The Morgan fingerprint density at radius 3 is 2.50 bits per heavy atom. The second kappa shape index (κ2) is 4.90. The van der Waals surface area contributed by atoms with Gasteiger partial charge in [0.1, 0.15) is 0 Å². The maximum Gasteiger partial charge on any atom is 0.237 e. The molecule has 0 spiro atoms. The Kier molecular flexibility index (Phi) is 4.21. The smallest absolute Gasteiger partial charge is 0.237 e. The zero-order chi connectivity index (χ0) is 11.1. The summed E-state index contributed by atoms with van der Waals surface area (Å²) >= 11 is 0. The van der Waals surface area contributed by atoms with E-state index in [4.69, 9.17) is 4.74 Å². The molecule has 3 atom stereocenters. The van der Waals surface area contributed by atoms with E-state index in [9.17, 15) is 4.79 Å². The summed E-state index contributed by atoms with van der Waals surface area (Å²) in [5, 5.41) is 6.20.